The standard InChI is InChI=1S/C21H28N2O4S/c1-6-20(17-12-10-15(2)11-13-17)22-21(24)16(3)23(28(5,25)26)18-8-7-9-19(14-18)27-4/h7-14,16,20H,6H2,1-5H3,(H,22,24). The Kier molecular flexibility index (Phi) is 7.07. The van der Waals surface area contributed by atoms with Gasteiger partial charge in [-0.15, -0.1) is 0 Å². The third-order valence-electron chi connectivity index (χ3n) is 4.60. The summed E-state index contributed by atoms with van der Waals surface area (Å²) in [7, 11) is -2.18. The van der Waals surface area contributed by atoms with E-state index in [1.165, 1.54) is 7.11 Å². The number of carbonyl (C=O) groups is 1. The molecule has 2 aromatic carbocycles. The van der Waals surface area contributed by atoms with E-state index in [4.69, 9.17) is 4.74 Å². The zero-order valence-electron chi connectivity index (χ0n) is 17.0. The van der Waals surface area contributed by atoms with Crippen LogP contribution in [0.5, 0.6) is 5.75 Å². The van der Waals surface area contributed by atoms with Crippen LogP contribution < -0.4 is 14.4 Å². The lowest BCUT2D eigenvalue weighted by Crippen LogP contribution is -2.48. The molecule has 0 saturated carbocycles. The van der Waals surface area contributed by atoms with Crippen molar-refractivity contribution in [3.8, 4) is 5.75 Å². The summed E-state index contributed by atoms with van der Waals surface area (Å²) in [5.41, 5.74) is 2.51. The summed E-state index contributed by atoms with van der Waals surface area (Å²) < 4.78 is 31.2. The van der Waals surface area contributed by atoms with E-state index in [-0.39, 0.29) is 11.9 Å². The maximum atomic E-state index is 12.9. The molecule has 2 atom stereocenters. The number of aryl methyl sites for hydroxylation is 1. The van der Waals surface area contributed by atoms with Crippen molar-refractivity contribution in [3.05, 3.63) is 59.7 Å². The smallest absolute Gasteiger partial charge is 0.244 e. The van der Waals surface area contributed by atoms with Crippen LogP contribution in [0.4, 0.5) is 5.69 Å². The summed E-state index contributed by atoms with van der Waals surface area (Å²) in [5, 5.41) is 2.98. The van der Waals surface area contributed by atoms with Crippen LogP contribution in [0, 0.1) is 6.92 Å². The lowest BCUT2D eigenvalue weighted by molar-refractivity contribution is -0.122. The number of sulfonamides is 1. The van der Waals surface area contributed by atoms with Gasteiger partial charge < -0.3 is 10.1 Å². The molecule has 0 bridgehead atoms. The number of amides is 1. The van der Waals surface area contributed by atoms with Gasteiger partial charge in [0, 0.05) is 6.07 Å². The highest BCUT2D eigenvalue weighted by atomic mass is 32.2. The molecule has 0 fully saturated rings. The topological polar surface area (TPSA) is 75.7 Å². The third-order valence-corrected chi connectivity index (χ3v) is 5.84. The van der Waals surface area contributed by atoms with Crippen molar-refractivity contribution in [2.75, 3.05) is 17.7 Å². The van der Waals surface area contributed by atoms with Crippen LogP contribution in [0.1, 0.15) is 37.4 Å². The van der Waals surface area contributed by atoms with Crippen molar-refractivity contribution in [1.29, 1.82) is 0 Å². The first-order valence-electron chi connectivity index (χ1n) is 9.17. The molecular weight excluding hydrogens is 376 g/mol. The van der Waals surface area contributed by atoms with Gasteiger partial charge in [-0.05, 0) is 38.0 Å². The number of anilines is 1. The highest BCUT2D eigenvalue weighted by molar-refractivity contribution is 7.92. The monoisotopic (exact) mass is 404 g/mol. The van der Waals surface area contributed by atoms with Crippen LogP contribution in [0.15, 0.2) is 48.5 Å². The molecule has 0 spiro atoms. The quantitative estimate of drug-likeness (QED) is 0.731. The van der Waals surface area contributed by atoms with Gasteiger partial charge in [-0.1, -0.05) is 42.8 Å². The molecule has 152 valence electrons. The summed E-state index contributed by atoms with van der Waals surface area (Å²) in [4.78, 5) is 12.9. The fourth-order valence-electron chi connectivity index (χ4n) is 3.07. The molecule has 1 amide bonds. The lowest BCUT2D eigenvalue weighted by atomic mass is 10.0. The minimum atomic E-state index is -3.68. The molecule has 2 rings (SSSR count). The van der Waals surface area contributed by atoms with E-state index >= 15 is 0 Å². The van der Waals surface area contributed by atoms with Gasteiger partial charge >= 0.3 is 0 Å². The zero-order chi connectivity index (χ0) is 20.9. The van der Waals surface area contributed by atoms with Gasteiger partial charge in [0.2, 0.25) is 15.9 Å². The van der Waals surface area contributed by atoms with Crippen molar-refractivity contribution in [2.45, 2.75) is 39.3 Å². The minimum absolute atomic E-state index is 0.192. The lowest BCUT2D eigenvalue weighted by Gasteiger charge is -2.30. The normalized spacial score (nSPS) is 13.5. The maximum Gasteiger partial charge on any atom is 0.244 e. The Hall–Kier alpha value is -2.54. The Morgan fingerprint density at radius 1 is 1.18 bits per heavy atom. The maximum absolute atomic E-state index is 12.9. The molecule has 0 aliphatic carbocycles. The summed E-state index contributed by atoms with van der Waals surface area (Å²) in [6.45, 7) is 5.56. The predicted molar refractivity (Wildman–Crippen MR) is 112 cm³/mol. The van der Waals surface area contributed by atoms with E-state index in [0.717, 1.165) is 21.7 Å². The number of ether oxygens (including phenoxy) is 1. The van der Waals surface area contributed by atoms with Crippen LogP contribution >= 0.6 is 0 Å². The minimum Gasteiger partial charge on any atom is -0.497 e. The van der Waals surface area contributed by atoms with Crippen LogP contribution in [-0.4, -0.2) is 33.7 Å². The Bertz CT molecular complexity index is 910. The molecule has 0 aliphatic rings. The average molecular weight is 405 g/mol. The van der Waals surface area contributed by atoms with E-state index in [1.807, 2.05) is 38.1 Å². The van der Waals surface area contributed by atoms with E-state index in [1.54, 1.807) is 31.2 Å². The van der Waals surface area contributed by atoms with Crippen LogP contribution in [0.25, 0.3) is 0 Å². The molecule has 0 heterocycles. The second-order valence-electron chi connectivity index (χ2n) is 6.82. The van der Waals surface area contributed by atoms with Gasteiger partial charge in [-0.3, -0.25) is 9.10 Å². The van der Waals surface area contributed by atoms with Gasteiger partial charge in [0.25, 0.3) is 0 Å². The molecule has 0 radical (unpaired) electrons. The Morgan fingerprint density at radius 3 is 2.36 bits per heavy atom. The highest BCUT2D eigenvalue weighted by Gasteiger charge is 2.30. The van der Waals surface area contributed by atoms with Crippen molar-refractivity contribution in [3.63, 3.8) is 0 Å². The summed E-state index contributed by atoms with van der Waals surface area (Å²) in [6.07, 6.45) is 1.78. The number of hydrogen-bond donors (Lipinski definition) is 1. The fraction of sp³-hybridized carbons (Fsp3) is 0.381. The van der Waals surface area contributed by atoms with Gasteiger partial charge in [0.1, 0.15) is 11.8 Å². The van der Waals surface area contributed by atoms with Crippen molar-refractivity contribution in [2.24, 2.45) is 0 Å². The molecule has 7 heteroatoms. The average Bonchev–Trinajstić information content (AvgIpc) is 2.65. The molecule has 2 unspecified atom stereocenters. The van der Waals surface area contributed by atoms with Gasteiger partial charge in [-0.25, -0.2) is 8.42 Å². The number of rotatable bonds is 8. The van der Waals surface area contributed by atoms with Gasteiger partial charge in [0.15, 0.2) is 0 Å². The first kappa shape index (κ1) is 21.8. The van der Waals surface area contributed by atoms with Gasteiger partial charge in [0.05, 0.1) is 25.1 Å². The fourth-order valence-corrected chi connectivity index (χ4v) is 4.24. The molecule has 6 nitrogen and oxygen atoms in total. The van der Waals surface area contributed by atoms with Crippen LogP contribution in [0.3, 0.4) is 0 Å². The Balaban J connectivity index is 2.29. The summed E-state index contributed by atoms with van der Waals surface area (Å²) in [5.74, 6) is 0.158. The van der Waals surface area contributed by atoms with Gasteiger partial charge in [-0.2, -0.15) is 0 Å². The summed E-state index contributed by atoms with van der Waals surface area (Å²) in [6, 6.07) is 13.5. The predicted octanol–water partition coefficient (Wildman–Crippen LogP) is 3.43. The first-order valence-corrected chi connectivity index (χ1v) is 11.0. The zero-order valence-corrected chi connectivity index (χ0v) is 17.8. The first-order chi connectivity index (χ1) is 13.2. The molecule has 2 aromatic rings. The van der Waals surface area contributed by atoms with Crippen LogP contribution in [-0.2, 0) is 14.8 Å². The number of methoxy groups -OCH3 is 1. The second kappa shape index (κ2) is 9.10. The molecule has 0 aromatic heterocycles. The Morgan fingerprint density at radius 2 is 1.82 bits per heavy atom. The number of carbonyl (C=O) groups excluding carboxylic acids is 1. The Labute approximate surface area is 167 Å². The highest BCUT2D eigenvalue weighted by Crippen LogP contribution is 2.26. The van der Waals surface area contributed by atoms with Crippen molar-refractivity contribution >= 4 is 21.6 Å². The van der Waals surface area contributed by atoms with E-state index in [2.05, 4.69) is 5.32 Å². The largest absolute Gasteiger partial charge is 0.497 e. The SMILES string of the molecule is CCC(NC(=O)C(C)N(c1cccc(OC)c1)S(C)(=O)=O)c1ccc(C)cc1. The van der Waals surface area contributed by atoms with Crippen molar-refractivity contribution in [1.82, 2.24) is 5.32 Å². The molecular formula is C21H28N2O4S. The molecule has 0 saturated heterocycles. The van der Waals surface area contributed by atoms with E-state index in [0.29, 0.717) is 17.9 Å². The van der Waals surface area contributed by atoms with Crippen molar-refractivity contribution < 1.29 is 17.9 Å². The number of hydrogen-bond acceptors (Lipinski definition) is 4. The number of benzene rings is 2. The van der Waals surface area contributed by atoms with Crippen LogP contribution in [0.2, 0.25) is 0 Å². The summed E-state index contributed by atoms with van der Waals surface area (Å²) >= 11 is 0. The number of nitrogens with zero attached hydrogens (tertiary/aromatic N) is 1. The molecule has 28 heavy (non-hydrogen) atoms. The van der Waals surface area contributed by atoms with E-state index in [9.17, 15) is 13.2 Å². The molecule has 1 N–H and O–H groups in total. The third kappa shape index (κ3) is 5.25. The second-order valence-corrected chi connectivity index (χ2v) is 8.68. The van der Waals surface area contributed by atoms with E-state index < -0.39 is 16.1 Å². The molecule has 0 aliphatic heterocycles. The number of nitrogens with one attached hydrogen (secondary N) is 1.